The minimum absolute atomic E-state index is 0.116. The van der Waals surface area contributed by atoms with Gasteiger partial charge in [0.15, 0.2) is 0 Å². The molecule has 0 bridgehead atoms. The van der Waals surface area contributed by atoms with Crippen molar-refractivity contribution in [1.82, 2.24) is 15.2 Å². The van der Waals surface area contributed by atoms with E-state index in [1.807, 2.05) is 0 Å². The highest BCUT2D eigenvalue weighted by Gasteiger charge is 2.17. The molecule has 100 valence electrons. The van der Waals surface area contributed by atoms with E-state index in [9.17, 15) is 12.8 Å². The molecule has 9 heteroatoms. The Balaban J connectivity index is 2.35. The highest BCUT2D eigenvalue weighted by Crippen LogP contribution is 2.17. The average molecular weight is 284 g/mol. The summed E-state index contributed by atoms with van der Waals surface area (Å²) < 4.78 is 39.2. The largest absolute Gasteiger partial charge is 0.392 e. The summed E-state index contributed by atoms with van der Waals surface area (Å²) in [5, 5.41) is 15.9. The van der Waals surface area contributed by atoms with Crippen molar-refractivity contribution in [2.24, 2.45) is 0 Å². The van der Waals surface area contributed by atoms with E-state index in [0.717, 1.165) is 18.2 Å². The Morgan fingerprint density at radius 2 is 2.11 bits per heavy atom. The maximum atomic E-state index is 13.2. The van der Waals surface area contributed by atoms with Gasteiger partial charge in [0.2, 0.25) is 0 Å². The summed E-state index contributed by atoms with van der Waals surface area (Å²) in [7, 11) is -3.96. The Morgan fingerprint density at radius 1 is 1.32 bits per heavy atom. The topological polar surface area (TPSA) is 105 Å². The van der Waals surface area contributed by atoms with Crippen LogP contribution >= 0.6 is 0 Å². The van der Waals surface area contributed by atoms with Crippen molar-refractivity contribution in [2.45, 2.75) is 11.5 Å². The number of anilines is 1. The summed E-state index contributed by atoms with van der Waals surface area (Å²) in [6.07, 6.45) is 2.56. The van der Waals surface area contributed by atoms with Gasteiger partial charge in [-0.05, 0) is 18.2 Å². The maximum Gasteiger partial charge on any atom is 0.264 e. The van der Waals surface area contributed by atoms with Crippen LogP contribution in [0.1, 0.15) is 5.56 Å². The van der Waals surface area contributed by atoms with Crippen LogP contribution < -0.4 is 4.72 Å². The molecule has 7 nitrogen and oxygen atoms in total. The molecule has 0 atom stereocenters. The lowest BCUT2D eigenvalue weighted by Crippen LogP contribution is -2.15. The highest BCUT2D eigenvalue weighted by molar-refractivity contribution is 7.92. The lowest BCUT2D eigenvalue weighted by molar-refractivity contribution is 0.275. The summed E-state index contributed by atoms with van der Waals surface area (Å²) in [6.45, 7) is -0.599. The van der Waals surface area contributed by atoms with Gasteiger partial charge in [-0.3, -0.25) is 0 Å². The number of hydrogen-bond donors (Lipinski definition) is 2. The minimum Gasteiger partial charge on any atom is -0.392 e. The molecule has 0 spiro atoms. The zero-order chi connectivity index (χ0) is 13.9. The monoisotopic (exact) mass is 284 g/mol. The molecule has 19 heavy (non-hydrogen) atoms. The van der Waals surface area contributed by atoms with Gasteiger partial charge >= 0.3 is 0 Å². The lowest BCUT2D eigenvalue weighted by atomic mass is 10.2. The van der Waals surface area contributed by atoms with Crippen LogP contribution in [0.3, 0.4) is 0 Å². The molecule has 0 aliphatic rings. The van der Waals surface area contributed by atoms with Gasteiger partial charge in [-0.15, -0.1) is 5.10 Å². The van der Waals surface area contributed by atoms with E-state index in [1.54, 1.807) is 0 Å². The molecule has 2 N–H and O–H groups in total. The van der Waals surface area contributed by atoms with E-state index >= 15 is 0 Å². The number of nitrogens with zero attached hydrogens (tertiary/aromatic N) is 3. The van der Waals surface area contributed by atoms with Crippen LogP contribution in [0.5, 0.6) is 0 Å². The second kappa shape index (κ2) is 5.24. The van der Waals surface area contributed by atoms with Gasteiger partial charge in [0.25, 0.3) is 16.0 Å². The lowest BCUT2D eigenvalue weighted by Gasteiger charge is -2.07. The molecule has 1 aromatic carbocycles. The first-order valence-electron chi connectivity index (χ1n) is 5.09. The van der Waals surface area contributed by atoms with Crippen molar-refractivity contribution in [3.8, 4) is 0 Å². The van der Waals surface area contributed by atoms with Crippen LogP contribution in [0.25, 0.3) is 0 Å². The highest BCUT2D eigenvalue weighted by atomic mass is 32.2. The molecule has 0 saturated carbocycles. The molecule has 0 unspecified atom stereocenters. The van der Waals surface area contributed by atoms with Gasteiger partial charge in [0.05, 0.1) is 23.9 Å². The van der Waals surface area contributed by atoms with Crippen molar-refractivity contribution in [1.29, 1.82) is 0 Å². The van der Waals surface area contributed by atoms with Gasteiger partial charge < -0.3 is 5.11 Å². The second-order valence-electron chi connectivity index (χ2n) is 3.48. The number of sulfonamides is 1. The third kappa shape index (κ3) is 3.01. The molecule has 0 amide bonds. The minimum atomic E-state index is -3.96. The summed E-state index contributed by atoms with van der Waals surface area (Å²) in [6, 6.07) is 3.07. The predicted molar refractivity (Wildman–Crippen MR) is 63.0 cm³/mol. The molecular weight excluding hydrogens is 275 g/mol. The molecule has 1 aromatic heterocycles. The zero-order valence-corrected chi connectivity index (χ0v) is 10.3. The Morgan fingerprint density at radius 3 is 2.74 bits per heavy atom. The van der Waals surface area contributed by atoms with Crippen molar-refractivity contribution in [2.75, 3.05) is 4.72 Å². The number of rotatable bonds is 4. The first-order valence-corrected chi connectivity index (χ1v) is 6.57. The number of nitrogens with one attached hydrogen (secondary N) is 1. The second-order valence-corrected chi connectivity index (χ2v) is 5.17. The van der Waals surface area contributed by atoms with Crippen molar-refractivity contribution >= 4 is 16.0 Å². The molecule has 2 rings (SSSR count). The fraction of sp³-hybridized carbons (Fsp3) is 0.100. The summed E-state index contributed by atoms with van der Waals surface area (Å²) >= 11 is 0. The number of aromatic nitrogens is 3. The standard InChI is InChI=1S/C10H9FN4O3S/c11-9-2-1-8(5-7(9)6-16)19(17,18)15-10-12-3-4-13-14-10/h1-5,16H,6H2,(H,12,14,15). The van der Waals surface area contributed by atoms with Gasteiger partial charge in [0, 0.05) is 5.56 Å². The number of aliphatic hydroxyl groups is 1. The van der Waals surface area contributed by atoms with E-state index in [4.69, 9.17) is 5.11 Å². The van der Waals surface area contributed by atoms with Gasteiger partial charge in [-0.2, -0.15) is 5.10 Å². The van der Waals surface area contributed by atoms with Gasteiger partial charge in [-0.1, -0.05) is 0 Å². The fourth-order valence-corrected chi connectivity index (χ4v) is 2.31. The summed E-state index contributed by atoms with van der Waals surface area (Å²) in [4.78, 5) is 3.46. The van der Waals surface area contributed by atoms with E-state index < -0.39 is 22.4 Å². The Kier molecular flexibility index (Phi) is 3.67. The van der Waals surface area contributed by atoms with Gasteiger partial charge in [0.1, 0.15) is 5.82 Å². The fourth-order valence-electron chi connectivity index (χ4n) is 1.31. The molecule has 0 aliphatic carbocycles. The molecule has 2 aromatic rings. The Hall–Kier alpha value is -2.13. The molecule has 0 radical (unpaired) electrons. The first-order chi connectivity index (χ1) is 9.03. The summed E-state index contributed by atoms with van der Waals surface area (Å²) in [5.41, 5.74) is -0.116. The SMILES string of the molecule is O=S(=O)(Nc1nccnn1)c1ccc(F)c(CO)c1. The predicted octanol–water partition coefficient (Wildman–Crippen LogP) is 0.304. The van der Waals surface area contributed by atoms with Crippen molar-refractivity contribution in [3.05, 3.63) is 42.0 Å². The van der Waals surface area contributed by atoms with E-state index in [0.29, 0.717) is 0 Å². The van der Waals surface area contributed by atoms with Crippen LogP contribution in [0.4, 0.5) is 10.3 Å². The third-order valence-electron chi connectivity index (χ3n) is 2.21. The first kappa shape index (κ1) is 13.3. The van der Waals surface area contributed by atoms with Crippen molar-refractivity contribution in [3.63, 3.8) is 0 Å². The Labute approximate surface area is 108 Å². The van der Waals surface area contributed by atoms with Gasteiger partial charge in [-0.25, -0.2) is 22.5 Å². The summed E-state index contributed by atoms with van der Waals surface area (Å²) in [5.74, 6) is -0.878. The van der Waals surface area contributed by atoms with E-state index in [1.165, 1.54) is 12.4 Å². The third-order valence-corrected chi connectivity index (χ3v) is 3.53. The molecule has 1 heterocycles. The molecule has 0 fully saturated rings. The average Bonchev–Trinajstić information content (AvgIpc) is 2.39. The molecule has 0 saturated heterocycles. The molecule has 0 aliphatic heterocycles. The smallest absolute Gasteiger partial charge is 0.264 e. The number of halogens is 1. The van der Waals surface area contributed by atoms with Crippen LogP contribution in [0, 0.1) is 5.82 Å². The normalized spacial score (nSPS) is 11.3. The number of aliphatic hydroxyl groups excluding tert-OH is 1. The van der Waals surface area contributed by atoms with E-state index in [-0.39, 0.29) is 16.4 Å². The molecular formula is C10H9FN4O3S. The van der Waals surface area contributed by atoms with E-state index in [2.05, 4.69) is 19.9 Å². The Bertz CT molecular complexity index is 678. The number of hydrogen-bond acceptors (Lipinski definition) is 6. The number of benzene rings is 1. The van der Waals surface area contributed by atoms with Crippen LogP contribution in [-0.4, -0.2) is 28.7 Å². The maximum absolute atomic E-state index is 13.2. The van der Waals surface area contributed by atoms with Crippen LogP contribution in [-0.2, 0) is 16.6 Å². The van der Waals surface area contributed by atoms with Crippen molar-refractivity contribution < 1.29 is 17.9 Å². The van der Waals surface area contributed by atoms with Crippen LogP contribution in [0.15, 0.2) is 35.5 Å². The van der Waals surface area contributed by atoms with Crippen LogP contribution in [0.2, 0.25) is 0 Å². The zero-order valence-electron chi connectivity index (χ0n) is 9.49. The quantitative estimate of drug-likeness (QED) is 0.836.